The van der Waals surface area contributed by atoms with Crippen LogP contribution in [0.2, 0.25) is 0 Å². The highest BCUT2D eigenvalue weighted by atomic mass is 19.1. The maximum Gasteiger partial charge on any atom is 0.346 e. The van der Waals surface area contributed by atoms with Gasteiger partial charge in [0.1, 0.15) is 6.61 Å². The Morgan fingerprint density at radius 1 is 1.04 bits per heavy atom. The lowest BCUT2D eigenvalue weighted by atomic mass is 9.48. The van der Waals surface area contributed by atoms with E-state index in [0.29, 0.717) is 0 Å². The summed E-state index contributed by atoms with van der Waals surface area (Å²) in [6, 6.07) is 12.6. The number of rotatable bonds is 5. The van der Waals surface area contributed by atoms with Crippen LogP contribution in [0, 0.1) is 33.7 Å². The van der Waals surface area contributed by atoms with Crippen molar-refractivity contribution in [1.29, 1.82) is 0 Å². The molecule has 4 aliphatic carbocycles. The molecule has 0 N–H and O–H groups in total. The number of nitro groups is 1. The zero-order valence-corrected chi connectivity index (χ0v) is 15.8. The van der Waals surface area contributed by atoms with E-state index in [0.717, 1.165) is 48.1 Å². The summed E-state index contributed by atoms with van der Waals surface area (Å²) in [7, 11) is 0. The van der Waals surface area contributed by atoms with Crippen LogP contribution < -0.4 is 4.74 Å². The van der Waals surface area contributed by atoms with Gasteiger partial charge in [0.25, 0.3) is 0 Å². The summed E-state index contributed by atoms with van der Waals surface area (Å²) in [4.78, 5) is 10.8. The van der Waals surface area contributed by atoms with Crippen molar-refractivity contribution < 1.29 is 14.1 Å². The molecule has 0 radical (unpaired) electrons. The molecule has 0 aliphatic heterocycles. The van der Waals surface area contributed by atoms with Crippen molar-refractivity contribution in [3.63, 3.8) is 0 Å². The molecule has 0 spiro atoms. The monoisotopic (exact) mass is 381 g/mol. The van der Waals surface area contributed by atoms with Gasteiger partial charge in [0, 0.05) is 0 Å². The third-order valence-corrected chi connectivity index (χ3v) is 7.10. The average molecular weight is 381 g/mol. The molecular weight excluding hydrogens is 357 g/mol. The summed E-state index contributed by atoms with van der Waals surface area (Å²) in [6.45, 7) is 0.186. The third-order valence-electron chi connectivity index (χ3n) is 7.10. The second-order valence-electron chi connectivity index (χ2n) is 9.03. The fraction of sp³-hybridized carbons (Fsp3) is 0.478. The van der Waals surface area contributed by atoms with Crippen molar-refractivity contribution in [2.24, 2.45) is 17.8 Å². The molecule has 0 aromatic heterocycles. The normalized spacial score (nSPS) is 30.4. The molecular formula is C23H24FNO3. The smallest absolute Gasteiger partial charge is 0.346 e. The Morgan fingerprint density at radius 2 is 1.64 bits per heavy atom. The summed E-state index contributed by atoms with van der Waals surface area (Å²) in [6.07, 6.45) is 7.13. The Balaban J connectivity index is 1.51. The van der Waals surface area contributed by atoms with Gasteiger partial charge in [-0.3, -0.25) is 10.1 Å². The van der Waals surface area contributed by atoms with E-state index in [1.54, 1.807) is 6.07 Å². The van der Waals surface area contributed by atoms with Crippen LogP contribution >= 0.6 is 0 Å². The summed E-state index contributed by atoms with van der Waals surface area (Å²) < 4.78 is 20.6. The Morgan fingerprint density at radius 3 is 2.21 bits per heavy atom. The van der Waals surface area contributed by atoms with Gasteiger partial charge in [-0.2, -0.15) is 4.39 Å². The van der Waals surface area contributed by atoms with Crippen molar-refractivity contribution in [3.05, 3.63) is 69.5 Å². The van der Waals surface area contributed by atoms with Gasteiger partial charge in [0.05, 0.1) is 4.92 Å². The standard InChI is InChI=1S/C23H24FNO3/c24-20-9-19(23-11-16-6-17(12-23)8-18(7-16)13-23)10-21(22(20)25(26)27)28-14-15-4-2-1-3-5-15/h1-5,9-10,16-18H,6-8,11-14H2. The number of hydrogen-bond donors (Lipinski definition) is 0. The number of halogens is 1. The Kier molecular flexibility index (Phi) is 4.14. The first-order valence-corrected chi connectivity index (χ1v) is 10.2. The SMILES string of the molecule is O=[N+]([O-])c1c(F)cc(C23CC4CC(CC(C4)C2)C3)cc1OCc1ccccc1. The summed E-state index contributed by atoms with van der Waals surface area (Å²) >= 11 is 0. The fourth-order valence-electron chi connectivity index (χ4n) is 6.37. The summed E-state index contributed by atoms with van der Waals surface area (Å²) in [5.74, 6) is 1.44. The van der Waals surface area contributed by atoms with E-state index in [1.807, 2.05) is 30.3 Å². The first-order chi connectivity index (χ1) is 13.5. The van der Waals surface area contributed by atoms with E-state index in [2.05, 4.69) is 0 Å². The molecule has 4 fully saturated rings. The molecule has 0 atom stereocenters. The molecule has 6 rings (SSSR count). The zero-order valence-electron chi connectivity index (χ0n) is 15.8. The van der Waals surface area contributed by atoms with Crippen LogP contribution in [0.15, 0.2) is 42.5 Å². The third kappa shape index (κ3) is 2.97. The topological polar surface area (TPSA) is 52.4 Å². The molecule has 4 saturated carbocycles. The van der Waals surface area contributed by atoms with Gasteiger partial charge < -0.3 is 4.74 Å². The molecule has 2 aromatic carbocycles. The lowest BCUT2D eigenvalue weighted by Gasteiger charge is -2.57. The summed E-state index contributed by atoms with van der Waals surface area (Å²) in [5.41, 5.74) is 1.22. The molecule has 0 heterocycles. The van der Waals surface area contributed by atoms with Gasteiger partial charge >= 0.3 is 5.69 Å². The Bertz CT molecular complexity index is 876. The van der Waals surface area contributed by atoms with Gasteiger partial charge in [0.2, 0.25) is 11.6 Å². The van der Waals surface area contributed by atoms with Gasteiger partial charge in [-0.1, -0.05) is 30.3 Å². The molecule has 4 bridgehead atoms. The van der Waals surface area contributed by atoms with Crippen LogP contribution in [0.1, 0.15) is 49.7 Å². The lowest BCUT2D eigenvalue weighted by Crippen LogP contribution is -2.48. The first-order valence-electron chi connectivity index (χ1n) is 10.2. The van der Waals surface area contributed by atoms with Gasteiger partial charge in [-0.05, 0) is 85.0 Å². The molecule has 0 unspecified atom stereocenters. The molecule has 0 saturated heterocycles. The van der Waals surface area contributed by atoms with E-state index in [4.69, 9.17) is 4.74 Å². The molecule has 146 valence electrons. The average Bonchev–Trinajstić information content (AvgIpc) is 2.65. The minimum atomic E-state index is -0.777. The molecule has 4 aliphatic rings. The highest BCUT2D eigenvalue weighted by Crippen LogP contribution is 2.61. The van der Waals surface area contributed by atoms with Crippen LogP contribution in [-0.2, 0) is 12.0 Å². The van der Waals surface area contributed by atoms with Crippen LogP contribution in [0.4, 0.5) is 10.1 Å². The van der Waals surface area contributed by atoms with Gasteiger partial charge in [-0.15, -0.1) is 0 Å². The van der Waals surface area contributed by atoms with Crippen LogP contribution in [0.3, 0.4) is 0 Å². The predicted octanol–water partition coefficient (Wildman–Crippen LogP) is 5.78. The zero-order chi connectivity index (χ0) is 19.3. The van der Waals surface area contributed by atoms with Crippen molar-refractivity contribution in [3.8, 4) is 5.75 Å². The number of ether oxygens (including phenoxy) is 1. The summed E-state index contributed by atoms with van der Waals surface area (Å²) in [5, 5.41) is 11.5. The molecule has 2 aromatic rings. The van der Waals surface area contributed by atoms with Gasteiger partial charge in [-0.25, -0.2) is 0 Å². The Labute approximate surface area is 163 Å². The second kappa shape index (κ2) is 6.57. The predicted molar refractivity (Wildman–Crippen MR) is 104 cm³/mol. The number of hydrogen-bond acceptors (Lipinski definition) is 3. The number of nitro benzene ring substituents is 1. The second-order valence-corrected chi connectivity index (χ2v) is 9.03. The number of nitrogens with zero attached hydrogens (tertiary/aromatic N) is 1. The van der Waals surface area contributed by atoms with E-state index < -0.39 is 16.4 Å². The van der Waals surface area contributed by atoms with E-state index >= 15 is 0 Å². The van der Waals surface area contributed by atoms with Crippen LogP contribution in [0.5, 0.6) is 5.75 Å². The quantitative estimate of drug-likeness (QED) is 0.487. The Hall–Kier alpha value is -2.43. The van der Waals surface area contributed by atoms with E-state index in [-0.39, 0.29) is 17.8 Å². The van der Waals surface area contributed by atoms with Crippen molar-refractivity contribution in [2.45, 2.75) is 50.5 Å². The van der Waals surface area contributed by atoms with Gasteiger partial charge in [0.15, 0.2) is 0 Å². The molecule has 28 heavy (non-hydrogen) atoms. The van der Waals surface area contributed by atoms with Crippen LogP contribution in [0.25, 0.3) is 0 Å². The molecule has 5 heteroatoms. The number of benzene rings is 2. The highest BCUT2D eigenvalue weighted by molar-refractivity contribution is 5.52. The minimum absolute atomic E-state index is 0.0322. The van der Waals surface area contributed by atoms with Crippen molar-refractivity contribution in [2.75, 3.05) is 0 Å². The maximum absolute atomic E-state index is 14.9. The van der Waals surface area contributed by atoms with E-state index in [1.165, 1.54) is 25.3 Å². The first kappa shape index (κ1) is 17.7. The van der Waals surface area contributed by atoms with E-state index in [9.17, 15) is 14.5 Å². The fourth-order valence-corrected chi connectivity index (χ4v) is 6.37. The van der Waals surface area contributed by atoms with Crippen molar-refractivity contribution in [1.82, 2.24) is 0 Å². The maximum atomic E-state index is 14.9. The molecule has 0 amide bonds. The molecule has 4 nitrogen and oxygen atoms in total. The van der Waals surface area contributed by atoms with Crippen molar-refractivity contribution >= 4 is 5.69 Å². The van der Waals surface area contributed by atoms with Crippen LogP contribution in [-0.4, -0.2) is 4.92 Å². The minimum Gasteiger partial charge on any atom is -0.482 e. The lowest BCUT2D eigenvalue weighted by molar-refractivity contribution is -0.388. The highest BCUT2D eigenvalue weighted by Gasteiger charge is 2.52. The largest absolute Gasteiger partial charge is 0.482 e.